The van der Waals surface area contributed by atoms with Gasteiger partial charge in [-0.25, -0.2) is 4.39 Å². The highest BCUT2D eigenvalue weighted by Gasteiger charge is 2.24. The second kappa shape index (κ2) is 10.0. The van der Waals surface area contributed by atoms with Crippen molar-refractivity contribution >= 4 is 11.6 Å². The van der Waals surface area contributed by atoms with Crippen LogP contribution in [0.25, 0.3) is 0 Å². The average molecular weight is 379 g/mol. The van der Waals surface area contributed by atoms with Crippen molar-refractivity contribution in [3.05, 3.63) is 66.0 Å². The van der Waals surface area contributed by atoms with Gasteiger partial charge in [-0.15, -0.1) is 0 Å². The van der Waals surface area contributed by atoms with Crippen LogP contribution in [0.15, 0.2) is 54.6 Å². The van der Waals surface area contributed by atoms with Crippen LogP contribution in [-0.4, -0.2) is 37.0 Å². The zero-order valence-corrected chi connectivity index (χ0v) is 16.1. The number of nitrogens with zero attached hydrogens (tertiary/aromatic N) is 3. The van der Waals surface area contributed by atoms with Crippen molar-refractivity contribution in [2.75, 3.05) is 31.1 Å². The fraction of sp³-hybridized carbons (Fsp3) is 0.391. The van der Waals surface area contributed by atoms with Gasteiger partial charge < -0.3 is 4.90 Å². The third kappa shape index (κ3) is 5.64. The zero-order valence-electron chi connectivity index (χ0n) is 16.1. The molecule has 0 unspecified atom stereocenters. The van der Waals surface area contributed by atoms with Crippen LogP contribution in [0.1, 0.15) is 24.8 Å². The molecule has 1 saturated heterocycles. The molecule has 28 heavy (non-hydrogen) atoms. The van der Waals surface area contributed by atoms with E-state index in [4.69, 9.17) is 5.26 Å². The number of carbonyl (C=O) groups is 1. The number of hydrogen-bond acceptors (Lipinski definition) is 3. The minimum Gasteiger partial charge on any atom is -0.310 e. The Balaban J connectivity index is 1.52. The van der Waals surface area contributed by atoms with Crippen molar-refractivity contribution in [2.24, 2.45) is 5.92 Å². The number of hydrogen-bond donors (Lipinski definition) is 0. The summed E-state index contributed by atoms with van der Waals surface area (Å²) in [6.07, 6.45) is 3.22. The largest absolute Gasteiger partial charge is 0.310 e. The number of carbonyl (C=O) groups excluding carboxylic acids is 1. The Labute approximate surface area is 166 Å². The SMILES string of the molecule is N#CCCN(C(=O)CN1CCC(Cc2cccc(F)c2)CC1)c1ccccc1. The predicted molar refractivity (Wildman–Crippen MR) is 108 cm³/mol. The summed E-state index contributed by atoms with van der Waals surface area (Å²) in [6.45, 7) is 2.52. The molecule has 4 nitrogen and oxygen atoms in total. The molecule has 5 heteroatoms. The summed E-state index contributed by atoms with van der Waals surface area (Å²) in [4.78, 5) is 16.8. The molecule has 1 aliphatic heterocycles. The molecule has 0 aromatic heterocycles. The lowest BCUT2D eigenvalue weighted by Gasteiger charge is -2.33. The van der Waals surface area contributed by atoms with Gasteiger partial charge in [-0.1, -0.05) is 30.3 Å². The standard InChI is InChI=1S/C23H26FN3O/c24-21-7-4-6-20(17-21)16-19-10-14-26(15-11-19)18-23(28)27(13-5-12-25)22-8-2-1-3-9-22/h1-4,6-9,17,19H,5,10-11,13-16,18H2. The molecule has 0 spiro atoms. The second-order valence-corrected chi connectivity index (χ2v) is 7.34. The van der Waals surface area contributed by atoms with Gasteiger partial charge in [-0.2, -0.15) is 5.26 Å². The molecule has 0 radical (unpaired) electrons. The molecule has 1 aliphatic rings. The maximum absolute atomic E-state index is 13.4. The number of para-hydroxylation sites is 1. The highest BCUT2D eigenvalue weighted by atomic mass is 19.1. The molecule has 1 heterocycles. The quantitative estimate of drug-likeness (QED) is 0.730. The number of piperidine rings is 1. The first-order valence-corrected chi connectivity index (χ1v) is 9.85. The van der Waals surface area contributed by atoms with E-state index < -0.39 is 0 Å². The number of rotatable bonds is 7. The van der Waals surface area contributed by atoms with Gasteiger partial charge in [0.1, 0.15) is 5.82 Å². The van der Waals surface area contributed by atoms with Crippen molar-refractivity contribution in [3.63, 3.8) is 0 Å². The van der Waals surface area contributed by atoms with Gasteiger partial charge in [0.05, 0.1) is 19.0 Å². The van der Waals surface area contributed by atoms with Gasteiger partial charge in [0.15, 0.2) is 0 Å². The van der Waals surface area contributed by atoms with Gasteiger partial charge in [0.25, 0.3) is 0 Å². The van der Waals surface area contributed by atoms with E-state index in [1.807, 2.05) is 36.4 Å². The van der Waals surface area contributed by atoms with E-state index >= 15 is 0 Å². The van der Waals surface area contributed by atoms with Gasteiger partial charge >= 0.3 is 0 Å². The summed E-state index contributed by atoms with van der Waals surface area (Å²) < 4.78 is 13.4. The highest BCUT2D eigenvalue weighted by molar-refractivity contribution is 5.94. The minimum atomic E-state index is -0.182. The molecule has 146 valence electrons. The molecule has 0 atom stereocenters. The van der Waals surface area contributed by atoms with Crippen LogP contribution in [0.3, 0.4) is 0 Å². The molecule has 3 rings (SSSR count). The zero-order chi connectivity index (χ0) is 19.8. The van der Waals surface area contributed by atoms with E-state index in [1.165, 1.54) is 6.07 Å². The lowest BCUT2D eigenvalue weighted by molar-refractivity contribution is -0.120. The molecular weight excluding hydrogens is 353 g/mol. The van der Waals surface area contributed by atoms with Crippen molar-refractivity contribution in [1.29, 1.82) is 5.26 Å². The van der Waals surface area contributed by atoms with Crippen LogP contribution in [0, 0.1) is 23.1 Å². The molecule has 2 aromatic carbocycles. The Bertz CT molecular complexity index is 810. The lowest BCUT2D eigenvalue weighted by Crippen LogP contribution is -2.44. The maximum Gasteiger partial charge on any atom is 0.241 e. The summed E-state index contributed by atoms with van der Waals surface area (Å²) >= 11 is 0. The molecule has 2 aromatic rings. The highest BCUT2D eigenvalue weighted by Crippen LogP contribution is 2.22. The number of nitriles is 1. The maximum atomic E-state index is 13.4. The lowest BCUT2D eigenvalue weighted by atomic mass is 9.90. The topological polar surface area (TPSA) is 47.3 Å². The third-order valence-corrected chi connectivity index (χ3v) is 5.30. The molecule has 0 N–H and O–H groups in total. The fourth-order valence-corrected chi connectivity index (χ4v) is 3.79. The summed E-state index contributed by atoms with van der Waals surface area (Å²) in [5.74, 6) is 0.376. The van der Waals surface area contributed by atoms with E-state index in [9.17, 15) is 9.18 Å². The van der Waals surface area contributed by atoms with Gasteiger partial charge in [-0.3, -0.25) is 9.69 Å². The van der Waals surface area contributed by atoms with Crippen LogP contribution in [0.5, 0.6) is 0 Å². The molecule has 0 aliphatic carbocycles. The number of anilines is 1. The van der Waals surface area contributed by atoms with Crippen LogP contribution in [0.2, 0.25) is 0 Å². The normalized spacial score (nSPS) is 15.1. The third-order valence-electron chi connectivity index (χ3n) is 5.30. The van der Waals surface area contributed by atoms with Crippen molar-refractivity contribution < 1.29 is 9.18 Å². The van der Waals surface area contributed by atoms with E-state index in [-0.39, 0.29) is 11.7 Å². The minimum absolute atomic E-state index is 0.0324. The van der Waals surface area contributed by atoms with Gasteiger partial charge in [0.2, 0.25) is 5.91 Å². The molecule has 1 fully saturated rings. The molecule has 0 saturated carbocycles. The van der Waals surface area contributed by atoms with E-state index in [0.717, 1.165) is 43.6 Å². The van der Waals surface area contributed by atoms with Crippen LogP contribution in [0.4, 0.5) is 10.1 Å². The first-order valence-electron chi connectivity index (χ1n) is 9.85. The smallest absolute Gasteiger partial charge is 0.241 e. The second-order valence-electron chi connectivity index (χ2n) is 7.34. The number of likely N-dealkylation sites (tertiary alicyclic amines) is 1. The Kier molecular flexibility index (Phi) is 7.16. The Morgan fingerprint density at radius 2 is 1.89 bits per heavy atom. The van der Waals surface area contributed by atoms with E-state index in [0.29, 0.717) is 25.4 Å². The fourth-order valence-electron chi connectivity index (χ4n) is 3.79. The molecule has 0 bridgehead atoms. The first-order chi connectivity index (χ1) is 13.7. The number of benzene rings is 2. The van der Waals surface area contributed by atoms with Crippen molar-refractivity contribution in [2.45, 2.75) is 25.7 Å². The summed E-state index contributed by atoms with van der Waals surface area (Å²) in [6, 6.07) is 18.5. The van der Waals surface area contributed by atoms with Gasteiger partial charge in [0, 0.05) is 12.2 Å². The Morgan fingerprint density at radius 3 is 2.57 bits per heavy atom. The van der Waals surface area contributed by atoms with Gasteiger partial charge in [-0.05, 0) is 68.1 Å². The Hall–Kier alpha value is -2.71. The van der Waals surface area contributed by atoms with Crippen molar-refractivity contribution in [3.8, 4) is 6.07 Å². The summed E-state index contributed by atoms with van der Waals surface area (Å²) in [5, 5.41) is 8.91. The van der Waals surface area contributed by atoms with Crippen LogP contribution >= 0.6 is 0 Å². The van der Waals surface area contributed by atoms with Crippen LogP contribution in [-0.2, 0) is 11.2 Å². The van der Waals surface area contributed by atoms with Crippen molar-refractivity contribution in [1.82, 2.24) is 4.90 Å². The Morgan fingerprint density at radius 1 is 1.14 bits per heavy atom. The summed E-state index contributed by atoms with van der Waals surface area (Å²) in [7, 11) is 0. The van der Waals surface area contributed by atoms with E-state index in [1.54, 1.807) is 17.0 Å². The van der Waals surface area contributed by atoms with E-state index in [2.05, 4.69) is 11.0 Å². The average Bonchev–Trinajstić information content (AvgIpc) is 2.71. The number of halogens is 1. The predicted octanol–water partition coefficient (Wildman–Crippen LogP) is 4.03. The summed E-state index contributed by atoms with van der Waals surface area (Å²) in [5.41, 5.74) is 1.88. The monoisotopic (exact) mass is 379 g/mol. The molecular formula is C23H26FN3O. The molecule has 1 amide bonds. The van der Waals surface area contributed by atoms with Crippen LogP contribution < -0.4 is 4.90 Å². The number of amides is 1. The first kappa shape index (κ1) is 20.0.